The van der Waals surface area contributed by atoms with Gasteiger partial charge in [0.05, 0.1) is 24.0 Å². The molecule has 0 spiro atoms. The van der Waals surface area contributed by atoms with Crippen LogP contribution in [0.4, 0.5) is 5.69 Å². The molecule has 2 aromatic rings. The molecule has 1 heterocycles. The highest BCUT2D eigenvalue weighted by atomic mass is 35.5. The molecule has 0 bridgehead atoms. The van der Waals surface area contributed by atoms with Gasteiger partial charge in [-0.1, -0.05) is 35.9 Å². The molecule has 28 heavy (non-hydrogen) atoms. The Morgan fingerprint density at radius 3 is 2.43 bits per heavy atom. The molecule has 0 aliphatic heterocycles. The van der Waals surface area contributed by atoms with Gasteiger partial charge >= 0.3 is 0 Å². The Kier molecular flexibility index (Phi) is 8.23. The lowest BCUT2D eigenvalue weighted by atomic mass is 10.1. The molecule has 0 aliphatic carbocycles. The van der Waals surface area contributed by atoms with Crippen molar-refractivity contribution < 1.29 is 9.59 Å². The molecule has 0 aliphatic rings. The van der Waals surface area contributed by atoms with Gasteiger partial charge in [0, 0.05) is 17.1 Å². The van der Waals surface area contributed by atoms with E-state index in [0.717, 1.165) is 21.7 Å². The zero-order chi connectivity index (χ0) is 20.7. The fraction of sp³-hybridized carbons (Fsp3) is 0.333. The minimum Gasteiger partial charge on any atom is -0.333 e. The highest BCUT2D eigenvalue weighted by Gasteiger charge is 2.18. The van der Waals surface area contributed by atoms with E-state index in [1.807, 2.05) is 44.2 Å². The predicted molar refractivity (Wildman–Crippen MR) is 117 cm³/mol. The Balaban J connectivity index is 1.92. The summed E-state index contributed by atoms with van der Waals surface area (Å²) in [5.41, 5.74) is 2.85. The maximum Gasteiger partial charge on any atom is 0.238 e. The molecule has 2 amide bonds. The third kappa shape index (κ3) is 6.48. The second-order valence-corrected chi connectivity index (χ2v) is 8.56. The fourth-order valence-corrected chi connectivity index (χ4v) is 3.96. The molecular formula is C21H26ClN3O2S. The first-order valence-electron chi connectivity index (χ1n) is 8.97. The highest BCUT2D eigenvalue weighted by molar-refractivity contribution is 7.16. The number of para-hydroxylation sites is 1. The number of carbonyl (C=O) groups is 2. The number of likely N-dealkylation sites (N-methyl/N-ethyl adjacent to an activating group) is 1. The van der Waals surface area contributed by atoms with Crippen molar-refractivity contribution in [1.82, 2.24) is 9.80 Å². The maximum absolute atomic E-state index is 12.7. The topological polar surface area (TPSA) is 52.7 Å². The Morgan fingerprint density at radius 1 is 1.18 bits per heavy atom. The van der Waals surface area contributed by atoms with Crippen molar-refractivity contribution in [3.8, 4) is 0 Å². The maximum atomic E-state index is 12.7. The van der Waals surface area contributed by atoms with Gasteiger partial charge in [0.2, 0.25) is 11.8 Å². The molecule has 0 fully saturated rings. The van der Waals surface area contributed by atoms with E-state index in [2.05, 4.69) is 11.9 Å². The van der Waals surface area contributed by atoms with Crippen LogP contribution in [-0.4, -0.2) is 48.3 Å². The summed E-state index contributed by atoms with van der Waals surface area (Å²) in [4.78, 5) is 29.5. The van der Waals surface area contributed by atoms with Crippen LogP contribution >= 0.6 is 22.9 Å². The number of nitrogens with zero attached hydrogens (tertiary/aromatic N) is 2. The molecule has 1 aromatic carbocycles. The van der Waals surface area contributed by atoms with Gasteiger partial charge in [-0.2, -0.15) is 0 Å². The molecule has 1 aromatic heterocycles. The van der Waals surface area contributed by atoms with E-state index in [1.165, 1.54) is 11.3 Å². The second-order valence-electron chi connectivity index (χ2n) is 6.76. The summed E-state index contributed by atoms with van der Waals surface area (Å²) in [6, 6.07) is 9.61. The largest absolute Gasteiger partial charge is 0.333 e. The molecule has 0 saturated carbocycles. The van der Waals surface area contributed by atoms with E-state index in [1.54, 1.807) is 22.9 Å². The molecule has 0 unspecified atom stereocenters. The van der Waals surface area contributed by atoms with Gasteiger partial charge in [-0.15, -0.1) is 17.9 Å². The Bertz CT molecular complexity index is 830. The molecule has 2 rings (SSSR count). The Hall–Kier alpha value is -2.15. The summed E-state index contributed by atoms with van der Waals surface area (Å²) in [6.45, 7) is 8.84. The van der Waals surface area contributed by atoms with E-state index in [9.17, 15) is 9.59 Å². The van der Waals surface area contributed by atoms with Gasteiger partial charge in [0.25, 0.3) is 0 Å². The first-order chi connectivity index (χ1) is 13.3. The van der Waals surface area contributed by atoms with Crippen molar-refractivity contribution >= 4 is 40.4 Å². The summed E-state index contributed by atoms with van der Waals surface area (Å²) >= 11 is 7.43. The van der Waals surface area contributed by atoms with Crippen molar-refractivity contribution in [2.45, 2.75) is 20.4 Å². The van der Waals surface area contributed by atoms with Gasteiger partial charge in [0.15, 0.2) is 0 Å². The average molecular weight is 420 g/mol. The average Bonchev–Trinajstić information content (AvgIpc) is 3.02. The molecule has 1 N–H and O–H groups in total. The third-order valence-corrected chi connectivity index (χ3v) is 5.46. The van der Waals surface area contributed by atoms with Crippen LogP contribution in [0.3, 0.4) is 0 Å². The molecule has 0 saturated heterocycles. The van der Waals surface area contributed by atoms with E-state index >= 15 is 0 Å². The van der Waals surface area contributed by atoms with Crippen molar-refractivity contribution in [1.29, 1.82) is 0 Å². The van der Waals surface area contributed by atoms with Crippen molar-refractivity contribution in [3.63, 3.8) is 0 Å². The number of hydrogen-bond acceptors (Lipinski definition) is 4. The van der Waals surface area contributed by atoms with E-state index in [4.69, 9.17) is 11.6 Å². The monoisotopic (exact) mass is 419 g/mol. The number of amides is 2. The zero-order valence-corrected chi connectivity index (χ0v) is 18.1. The number of thiophene rings is 1. The fourth-order valence-electron chi connectivity index (χ4n) is 2.86. The second kappa shape index (κ2) is 10.4. The SMILES string of the molecule is C=CCN(Cc1ccc(Cl)s1)C(=O)CN(C)CC(=O)Nc1c(C)cccc1C. The smallest absolute Gasteiger partial charge is 0.238 e. The number of rotatable bonds is 9. The number of carbonyl (C=O) groups excluding carboxylic acids is 2. The molecular weight excluding hydrogens is 394 g/mol. The van der Waals surface area contributed by atoms with Crippen LogP contribution in [0, 0.1) is 13.8 Å². The number of anilines is 1. The lowest BCUT2D eigenvalue weighted by molar-refractivity contribution is -0.132. The van der Waals surface area contributed by atoms with Gasteiger partial charge in [-0.25, -0.2) is 0 Å². The van der Waals surface area contributed by atoms with Crippen LogP contribution in [0.25, 0.3) is 0 Å². The molecule has 0 atom stereocenters. The first kappa shape index (κ1) is 22.1. The van der Waals surface area contributed by atoms with Crippen LogP contribution in [0.1, 0.15) is 16.0 Å². The predicted octanol–water partition coefficient (Wildman–Crippen LogP) is 4.10. The molecule has 7 heteroatoms. The number of hydrogen-bond donors (Lipinski definition) is 1. The lowest BCUT2D eigenvalue weighted by Crippen LogP contribution is -2.41. The van der Waals surface area contributed by atoms with Gasteiger partial charge in [0.1, 0.15) is 0 Å². The Morgan fingerprint density at radius 2 is 1.86 bits per heavy atom. The summed E-state index contributed by atoms with van der Waals surface area (Å²) < 4.78 is 0.696. The van der Waals surface area contributed by atoms with Gasteiger partial charge in [-0.05, 0) is 44.2 Å². The summed E-state index contributed by atoms with van der Waals surface area (Å²) in [5, 5.41) is 2.94. The number of nitrogens with one attached hydrogen (secondary N) is 1. The van der Waals surface area contributed by atoms with Gasteiger partial charge in [-0.3, -0.25) is 14.5 Å². The number of benzene rings is 1. The standard InChI is InChI=1S/C21H26ClN3O2S/c1-5-11-25(12-17-9-10-18(22)28-17)20(27)14-24(4)13-19(26)23-21-15(2)7-6-8-16(21)3/h5-10H,1,11-14H2,2-4H3,(H,23,26). The van der Waals surface area contributed by atoms with E-state index in [0.29, 0.717) is 17.4 Å². The van der Waals surface area contributed by atoms with Crippen molar-refractivity contribution in [2.24, 2.45) is 0 Å². The quantitative estimate of drug-likeness (QED) is 0.622. The van der Waals surface area contributed by atoms with Gasteiger partial charge < -0.3 is 10.2 Å². The normalized spacial score (nSPS) is 10.8. The van der Waals surface area contributed by atoms with Crippen LogP contribution in [0.15, 0.2) is 43.0 Å². The minimum absolute atomic E-state index is 0.0632. The number of aryl methyl sites for hydroxylation is 2. The Labute approximate surface area is 175 Å². The lowest BCUT2D eigenvalue weighted by Gasteiger charge is -2.24. The van der Waals surface area contributed by atoms with Crippen molar-refractivity contribution in [3.05, 3.63) is 63.3 Å². The third-order valence-electron chi connectivity index (χ3n) is 4.24. The molecule has 5 nitrogen and oxygen atoms in total. The molecule has 150 valence electrons. The highest BCUT2D eigenvalue weighted by Crippen LogP contribution is 2.23. The van der Waals surface area contributed by atoms with Crippen LogP contribution in [-0.2, 0) is 16.1 Å². The van der Waals surface area contributed by atoms with E-state index in [-0.39, 0.29) is 24.9 Å². The zero-order valence-electron chi connectivity index (χ0n) is 16.5. The summed E-state index contributed by atoms with van der Waals surface area (Å²) in [7, 11) is 1.76. The summed E-state index contributed by atoms with van der Waals surface area (Å²) in [5.74, 6) is -0.209. The van der Waals surface area contributed by atoms with Crippen LogP contribution in [0.2, 0.25) is 4.34 Å². The van der Waals surface area contributed by atoms with Crippen LogP contribution < -0.4 is 5.32 Å². The summed E-state index contributed by atoms with van der Waals surface area (Å²) in [6.07, 6.45) is 1.70. The first-order valence-corrected chi connectivity index (χ1v) is 10.2. The number of halogens is 1. The van der Waals surface area contributed by atoms with Crippen molar-refractivity contribution in [2.75, 3.05) is 32.0 Å². The minimum atomic E-state index is -0.145. The molecule has 0 radical (unpaired) electrons. The van der Waals surface area contributed by atoms with E-state index < -0.39 is 0 Å². The van der Waals surface area contributed by atoms with Crippen LogP contribution in [0.5, 0.6) is 0 Å².